The Morgan fingerprint density at radius 2 is 1.90 bits per heavy atom. The monoisotopic (exact) mass is 321 g/mol. The van der Waals surface area contributed by atoms with Gasteiger partial charge in [-0.15, -0.1) is 0 Å². The van der Waals surface area contributed by atoms with Gasteiger partial charge in [0.25, 0.3) is 0 Å². The van der Waals surface area contributed by atoms with Crippen LogP contribution >= 0.6 is 12.2 Å². The molecule has 7 heteroatoms. The lowest BCUT2D eigenvalue weighted by Gasteiger charge is -2.15. The SMILES string of the molecule is CC(NS(=O)(=O)c1cccnc1C(N)=S)c1ccccc1. The van der Waals surface area contributed by atoms with E-state index in [4.69, 9.17) is 18.0 Å². The Labute approximate surface area is 129 Å². The summed E-state index contributed by atoms with van der Waals surface area (Å²) in [6.07, 6.45) is 1.45. The van der Waals surface area contributed by atoms with Crippen LogP contribution in [0.4, 0.5) is 0 Å². The van der Waals surface area contributed by atoms with Crippen molar-refractivity contribution >= 4 is 27.2 Å². The Hall–Kier alpha value is -1.83. The van der Waals surface area contributed by atoms with Crippen molar-refractivity contribution in [2.24, 2.45) is 5.73 Å². The van der Waals surface area contributed by atoms with Gasteiger partial charge in [0.05, 0.1) is 0 Å². The molecule has 110 valence electrons. The lowest BCUT2D eigenvalue weighted by molar-refractivity contribution is 0.566. The van der Waals surface area contributed by atoms with E-state index in [9.17, 15) is 8.42 Å². The number of hydrogen-bond acceptors (Lipinski definition) is 4. The summed E-state index contributed by atoms with van der Waals surface area (Å²) in [7, 11) is -3.76. The van der Waals surface area contributed by atoms with Crippen LogP contribution in [-0.2, 0) is 10.0 Å². The molecule has 1 atom stereocenters. The number of benzene rings is 1. The van der Waals surface area contributed by atoms with Gasteiger partial charge in [-0.2, -0.15) is 0 Å². The minimum atomic E-state index is -3.76. The van der Waals surface area contributed by atoms with Crippen LogP contribution in [0.2, 0.25) is 0 Å². The second kappa shape index (κ2) is 6.30. The number of hydrogen-bond donors (Lipinski definition) is 2. The van der Waals surface area contributed by atoms with Crippen molar-refractivity contribution < 1.29 is 8.42 Å². The number of sulfonamides is 1. The molecule has 3 N–H and O–H groups in total. The summed E-state index contributed by atoms with van der Waals surface area (Å²) in [5.74, 6) is 0. The summed E-state index contributed by atoms with van der Waals surface area (Å²) in [6.45, 7) is 1.77. The number of nitrogens with zero attached hydrogens (tertiary/aromatic N) is 1. The van der Waals surface area contributed by atoms with Crippen molar-refractivity contribution in [2.75, 3.05) is 0 Å². The first-order valence-electron chi connectivity index (χ1n) is 6.24. The van der Waals surface area contributed by atoms with E-state index in [1.165, 1.54) is 18.3 Å². The molecule has 1 aromatic heterocycles. The van der Waals surface area contributed by atoms with Crippen molar-refractivity contribution in [1.29, 1.82) is 0 Å². The van der Waals surface area contributed by atoms with E-state index in [2.05, 4.69) is 9.71 Å². The fourth-order valence-electron chi connectivity index (χ4n) is 1.90. The molecule has 21 heavy (non-hydrogen) atoms. The third-order valence-corrected chi connectivity index (χ3v) is 4.69. The second-order valence-electron chi connectivity index (χ2n) is 4.47. The zero-order valence-electron chi connectivity index (χ0n) is 11.4. The van der Waals surface area contributed by atoms with Gasteiger partial charge in [-0.1, -0.05) is 42.5 Å². The maximum atomic E-state index is 12.5. The van der Waals surface area contributed by atoms with E-state index in [1.807, 2.05) is 30.3 Å². The maximum Gasteiger partial charge on any atom is 0.243 e. The van der Waals surface area contributed by atoms with E-state index in [0.29, 0.717) is 0 Å². The van der Waals surface area contributed by atoms with Crippen molar-refractivity contribution in [2.45, 2.75) is 17.9 Å². The number of nitrogens with two attached hydrogens (primary N) is 1. The molecule has 2 rings (SSSR count). The summed E-state index contributed by atoms with van der Waals surface area (Å²) < 4.78 is 27.6. The van der Waals surface area contributed by atoms with E-state index in [0.717, 1.165) is 5.56 Å². The summed E-state index contributed by atoms with van der Waals surface area (Å²) in [5, 5.41) is 0. The van der Waals surface area contributed by atoms with E-state index >= 15 is 0 Å². The Morgan fingerprint density at radius 1 is 1.24 bits per heavy atom. The molecule has 0 saturated carbocycles. The van der Waals surface area contributed by atoms with Gasteiger partial charge in [-0.05, 0) is 24.6 Å². The largest absolute Gasteiger partial charge is 0.388 e. The van der Waals surface area contributed by atoms with Gasteiger partial charge in [0.1, 0.15) is 15.6 Å². The van der Waals surface area contributed by atoms with Crippen LogP contribution in [0.15, 0.2) is 53.6 Å². The highest BCUT2D eigenvalue weighted by Crippen LogP contribution is 2.18. The van der Waals surface area contributed by atoms with E-state index in [1.54, 1.807) is 6.92 Å². The molecule has 5 nitrogen and oxygen atoms in total. The van der Waals surface area contributed by atoms with Gasteiger partial charge < -0.3 is 5.73 Å². The van der Waals surface area contributed by atoms with Crippen molar-refractivity contribution in [1.82, 2.24) is 9.71 Å². The Bertz CT molecular complexity index is 746. The highest BCUT2D eigenvalue weighted by atomic mass is 32.2. The molecule has 0 radical (unpaired) electrons. The minimum absolute atomic E-state index is 0.0136. The fraction of sp³-hybridized carbons (Fsp3) is 0.143. The lowest BCUT2D eigenvalue weighted by atomic mass is 10.1. The standard InChI is InChI=1S/C14H15N3O2S2/c1-10(11-6-3-2-4-7-11)17-21(18,19)12-8-5-9-16-13(12)14(15)20/h2-10,17H,1H3,(H2,15,20). The first kappa shape index (κ1) is 15.6. The first-order chi connectivity index (χ1) is 9.92. The molecular formula is C14H15N3O2S2. The molecule has 0 saturated heterocycles. The molecular weight excluding hydrogens is 306 g/mol. The minimum Gasteiger partial charge on any atom is -0.388 e. The average molecular weight is 321 g/mol. The topological polar surface area (TPSA) is 85.1 Å². The van der Waals surface area contributed by atoms with Crippen LogP contribution in [-0.4, -0.2) is 18.4 Å². The zero-order chi connectivity index (χ0) is 15.5. The van der Waals surface area contributed by atoms with Crippen LogP contribution < -0.4 is 10.5 Å². The van der Waals surface area contributed by atoms with E-state index in [-0.39, 0.29) is 21.6 Å². The van der Waals surface area contributed by atoms with Crippen LogP contribution in [0, 0.1) is 0 Å². The molecule has 0 aliphatic rings. The number of pyridine rings is 1. The molecule has 0 spiro atoms. The van der Waals surface area contributed by atoms with Gasteiger partial charge in [0.15, 0.2) is 0 Å². The normalized spacial score (nSPS) is 12.8. The average Bonchev–Trinajstić information content (AvgIpc) is 2.47. The Morgan fingerprint density at radius 3 is 2.52 bits per heavy atom. The highest BCUT2D eigenvalue weighted by molar-refractivity contribution is 7.89. The van der Waals surface area contributed by atoms with Crippen molar-refractivity contribution in [3.05, 3.63) is 59.9 Å². The van der Waals surface area contributed by atoms with Crippen LogP contribution in [0.3, 0.4) is 0 Å². The smallest absolute Gasteiger partial charge is 0.243 e. The third-order valence-electron chi connectivity index (χ3n) is 2.93. The Kier molecular flexibility index (Phi) is 4.66. The molecule has 0 bridgehead atoms. The van der Waals surface area contributed by atoms with Crippen molar-refractivity contribution in [3.8, 4) is 0 Å². The Balaban J connectivity index is 2.34. The number of rotatable bonds is 5. The predicted molar refractivity (Wildman–Crippen MR) is 85.3 cm³/mol. The van der Waals surface area contributed by atoms with Crippen LogP contribution in [0.25, 0.3) is 0 Å². The van der Waals surface area contributed by atoms with Gasteiger partial charge in [0.2, 0.25) is 10.0 Å². The van der Waals surface area contributed by atoms with Gasteiger partial charge >= 0.3 is 0 Å². The van der Waals surface area contributed by atoms with Gasteiger partial charge in [-0.3, -0.25) is 4.98 Å². The molecule has 1 heterocycles. The van der Waals surface area contributed by atoms with Gasteiger partial charge in [-0.25, -0.2) is 13.1 Å². The molecule has 0 amide bonds. The van der Waals surface area contributed by atoms with Crippen LogP contribution in [0.5, 0.6) is 0 Å². The maximum absolute atomic E-state index is 12.5. The van der Waals surface area contributed by atoms with E-state index < -0.39 is 10.0 Å². The molecule has 0 fully saturated rings. The summed E-state index contributed by atoms with van der Waals surface area (Å²) in [4.78, 5) is 3.87. The highest BCUT2D eigenvalue weighted by Gasteiger charge is 2.23. The fourth-order valence-corrected chi connectivity index (χ4v) is 3.53. The summed E-state index contributed by atoms with van der Waals surface area (Å²) in [6, 6.07) is 11.9. The summed E-state index contributed by atoms with van der Waals surface area (Å²) >= 11 is 4.85. The zero-order valence-corrected chi connectivity index (χ0v) is 13.0. The predicted octanol–water partition coefficient (Wildman–Crippen LogP) is 1.76. The second-order valence-corrected chi connectivity index (χ2v) is 6.59. The first-order valence-corrected chi connectivity index (χ1v) is 8.13. The van der Waals surface area contributed by atoms with Crippen LogP contribution in [0.1, 0.15) is 24.2 Å². The number of thiocarbonyl (C=S) groups is 1. The number of aromatic nitrogens is 1. The number of nitrogens with one attached hydrogen (secondary N) is 1. The molecule has 0 aliphatic carbocycles. The third kappa shape index (κ3) is 3.63. The molecule has 0 aliphatic heterocycles. The molecule has 1 unspecified atom stereocenters. The summed E-state index contributed by atoms with van der Waals surface area (Å²) in [5.41, 5.74) is 6.49. The quantitative estimate of drug-likeness (QED) is 0.820. The lowest BCUT2D eigenvalue weighted by Crippen LogP contribution is -2.29. The van der Waals surface area contributed by atoms with Crippen molar-refractivity contribution in [3.63, 3.8) is 0 Å². The molecule has 2 aromatic rings. The molecule has 1 aromatic carbocycles. The van der Waals surface area contributed by atoms with Gasteiger partial charge in [0, 0.05) is 12.2 Å².